The fourth-order valence-corrected chi connectivity index (χ4v) is 2.67. The Morgan fingerprint density at radius 2 is 2.05 bits per heavy atom. The molecule has 0 saturated carbocycles. The van der Waals surface area contributed by atoms with E-state index in [0.717, 1.165) is 30.2 Å². The van der Waals surface area contributed by atoms with Gasteiger partial charge in [-0.05, 0) is 30.9 Å². The summed E-state index contributed by atoms with van der Waals surface area (Å²) in [5.74, 6) is 1.69. The molecule has 1 heterocycles. The molecule has 21 heavy (non-hydrogen) atoms. The van der Waals surface area contributed by atoms with Crippen molar-refractivity contribution in [3.05, 3.63) is 29.8 Å². The number of rotatable bonds is 8. The monoisotopic (exact) mass is 309 g/mol. The molecule has 0 spiro atoms. The van der Waals surface area contributed by atoms with Crippen LogP contribution in [0, 0.1) is 0 Å². The van der Waals surface area contributed by atoms with Crippen molar-refractivity contribution in [1.82, 2.24) is 5.32 Å². The Bertz CT molecular complexity index is 491. The van der Waals surface area contributed by atoms with Gasteiger partial charge in [-0.2, -0.15) is 0 Å². The third-order valence-electron chi connectivity index (χ3n) is 3.03. The lowest BCUT2D eigenvalue weighted by Crippen LogP contribution is -2.21. The summed E-state index contributed by atoms with van der Waals surface area (Å²) in [7, 11) is 0. The first-order valence-electron chi connectivity index (χ1n) is 7.10. The topological polar surface area (TPSA) is 39.7 Å². The first-order valence-corrected chi connectivity index (χ1v) is 8.32. The summed E-state index contributed by atoms with van der Waals surface area (Å²) >= 11 is 1.72. The highest BCUT2D eigenvalue weighted by molar-refractivity contribution is 7.98. The quantitative estimate of drug-likeness (QED) is 0.454. The van der Waals surface area contributed by atoms with Crippen LogP contribution in [0.3, 0.4) is 0 Å². The molecule has 0 radical (unpaired) electrons. The Labute approximate surface area is 130 Å². The number of nitrogens with one attached hydrogen (secondary N) is 1. The first-order chi connectivity index (χ1) is 10.2. The van der Waals surface area contributed by atoms with Crippen LogP contribution < -0.4 is 14.8 Å². The molecular weight excluding hydrogens is 286 g/mol. The minimum Gasteiger partial charge on any atom is -0.486 e. The van der Waals surface area contributed by atoms with E-state index < -0.39 is 0 Å². The average molecular weight is 309 g/mol. The molecule has 0 aliphatic carbocycles. The van der Waals surface area contributed by atoms with E-state index in [1.165, 1.54) is 10.5 Å². The van der Waals surface area contributed by atoms with Gasteiger partial charge in [0.1, 0.15) is 13.2 Å². The second kappa shape index (κ2) is 8.32. The Balaban J connectivity index is 1.85. The van der Waals surface area contributed by atoms with E-state index in [4.69, 9.17) is 14.2 Å². The van der Waals surface area contributed by atoms with E-state index in [2.05, 4.69) is 30.3 Å². The Kier molecular flexibility index (Phi) is 6.42. The van der Waals surface area contributed by atoms with E-state index in [1.807, 2.05) is 6.92 Å². The minimum atomic E-state index is 0.618. The lowest BCUT2D eigenvalue weighted by Gasteiger charge is -2.21. The van der Waals surface area contributed by atoms with E-state index in [1.54, 1.807) is 11.8 Å². The van der Waals surface area contributed by atoms with Crippen molar-refractivity contribution in [1.29, 1.82) is 0 Å². The average Bonchev–Trinajstić information content (AvgIpc) is 2.49. The lowest BCUT2D eigenvalue weighted by atomic mass is 10.2. The maximum absolute atomic E-state index is 5.64. The van der Waals surface area contributed by atoms with Crippen LogP contribution in [-0.4, -0.2) is 39.2 Å². The molecule has 0 atom stereocenters. The normalized spacial score (nSPS) is 13.2. The lowest BCUT2D eigenvalue weighted by molar-refractivity contribution is 0.157. The molecule has 1 aromatic rings. The van der Waals surface area contributed by atoms with Crippen LogP contribution in [0.15, 0.2) is 29.2 Å². The molecule has 5 heteroatoms. The molecule has 1 aliphatic heterocycles. The summed E-state index contributed by atoms with van der Waals surface area (Å²) in [6.45, 7) is 9.94. The van der Waals surface area contributed by atoms with Crippen LogP contribution in [-0.2, 0) is 11.3 Å². The number of hydrogen-bond acceptors (Lipinski definition) is 5. The van der Waals surface area contributed by atoms with Gasteiger partial charge in [0, 0.05) is 18.0 Å². The number of thioether (sulfide) groups is 1. The third-order valence-corrected chi connectivity index (χ3v) is 3.85. The number of fused-ring (bicyclic) bond motifs is 1. The summed E-state index contributed by atoms with van der Waals surface area (Å²) in [5.41, 5.74) is 2.28. The van der Waals surface area contributed by atoms with Crippen LogP contribution in [0.2, 0.25) is 0 Å². The van der Waals surface area contributed by atoms with E-state index >= 15 is 0 Å². The van der Waals surface area contributed by atoms with Crippen LogP contribution in [0.1, 0.15) is 12.5 Å². The summed E-state index contributed by atoms with van der Waals surface area (Å²) in [5, 5.41) is 3.39. The predicted molar refractivity (Wildman–Crippen MR) is 86.6 cm³/mol. The fourth-order valence-electron chi connectivity index (χ4n) is 2.05. The van der Waals surface area contributed by atoms with Crippen LogP contribution in [0.5, 0.6) is 11.5 Å². The molecule has 2 rings (SSSR count). The summed E-state index contributed by atoms with van der Waals surface area (Å²) < 4.78 is 16.7. The Morgan fingerprint density at radius 3 is 2.71 bits per heavy atom. The van der Waals surface area contributed by atoms with E-state index in [-0.39, 0.29) is 0 Å². The summed E-state index contributed by atoms with van der Waals surface area (Å²) in [6, 6.07) is 4.13. The molecule has 0 aromatic heterocycles. The zero-order valence-corrected chi connectivity index (χ0v) is 13.6. The molecule has 0 bridgehead atoms. The van der Waals surface area contributed by atoms with Gasteiger partial charge in [-0.25, -0.2) is 0 Å². The molecule has 1 N–H and O–H groups in total. The van der Waals surface area contributed by atoms with Gasteiger partial charge in [0.2, 0.25) is 0 Å². The SMILES string of the molecule is C=C(C)COCCNCc1cc2c(cc1SC)OCCO2. The van der Waals surface area contributed by atoms with Crippen LogP contribution in [0.4, 0.5) is 0 Å². The first kappa shape index (κ1) is 16.2. The van der Waals surface area contributed by atoms with Gasteiger partial charge in [0.25, 0.3) is 0 Å². The maximum atomic E-state index is 5.64. The number of benzene rings is 1. The van der Waals surface area contributed by atoms with Gasteiger partial charge in [0.05, 0.1) is 13.2 Å². The second-order valence-electron chi connectivity index (χ2n) is 4.99. The molecule has 0 amide bonds. The van der Waals surface area contributed by atoms with Crippen molar-refractivity contribution < 1.29 is 14.2 Å². The molecule has 1 aliphatic rings. The molecule has 116 valence electrons. The highest BCUT2D eigenvalue weighted by Gasteiger charge is 2.15. The molecule has 0 fully saturated rings. The maximum Gasteiger partial charge on any atom is 0.162 e. The van der Waals surface area contributed by atoms with Crippen molar-refractivity contribution in [2.24, 2.45) is 0 Å². The second-order valence-corrected chi connectivity index (χ2v) is 5.84. The molecule has 4 nitrogen and oxygen atoms in total. The van der Waals surface area contributed by atoms with E-state index in [0.29, 0.717) is 26.4 Å². The predicted octanol–water partition coefficient (Wildman–Crippen LogP) is 2.86. The summed E-state index contributed by atoms with van der Waals surface area (Å²) in [6.07, 6.45) is 2.07. The van der Waals surface area contributed by atoms with Crippen molar-refractivity contribution in [3.8, 4) is 11.5 Å². The van der Waals surface area contributed by atoms with Gasteiger partial charge < -0.3 is 19.5 Å². The highest BCUT2D eigenvalue weighted by atomic mass is 32.2. The Hall–Kier alpha value is -1.17. The van der Waals surface area contributed by atoms with Gasteiger partial charge >= 0.3 is 0 Å². The molecule has 0 saturated heterocycles. The molecule has 0 unspecified atom stereocenters. The van der Waals surface area contributed by atoms with Gasteiger partial charge in [-0.15, -0.1) is 11.8 Å². The van der Waals surface area contributed by atoms with Crippen molar-refractivity contribution in [3.63, 3.8) is 0 Å². The van der Waals surface area contributed by atoms with E-state index in [9.17, 15) is 0 Å². The molecule has 1 aromatic carbocycles. The minimum absolute atomic E-state index is 0.618. The zero-order valence-electron chi connectivity index (χ0n) is 12.7. The fraction of sp³-hybridized carbons (Fsp3) is 0.500. The largest absolute Gasteiger partial charge is 0.486 e. The van der Waals surface area contributed by atoms with Crippen molar-refractivity contribution >= 4 is 11.8 Å². The molecular formula is C16H23NO3S. The van der Waals surface area contributed by atoms with Gasteiger partial charge in [-0.3, -0.25) is 0 Å². The smallest absolute Gasteiger partial charge is 0.162 e. The van der Waals surface area contributed by atoms with Crippen molar-refractivity contribution in [2.45, 2.75) is 18.4 Å². The zero-order chi connectivity index (χ0) is 15.1. The highest BCUT2D eigenvalue weighted by Crippen LogP contribution is 2.36. The van der Waals surface area contributed by atoms with Crippen LogP contribution >= 0.6 is 11.8 Å². The standard InChI is InChI=1S/C16H23NO3S/c1-12(2)11-18-5-4-17-10-13-8-14-15(9-16(13)21-3)20-7-6-19-14/h8-9,17H,1,4-7,10-11H2,2-3H3. The van der Waals surface area contributed by atoms with Gasteiger partial charge in [-0.1, -0.05) is 12.2 Å². The number of ether oxygens (including phenoxy) is 3. The third kappa shape index (κ3) is 4.95. The number of hydrogen-bond donors (Lipinski definition) is 1. The van der Waals surface area contributed by atoms with Gasteiger partial charge in [0.15, 0.2) is 11.5 Å². The van der Waals surface area contributed by atoms with Crippen molar-refractivity contribution in [2.75, 3.05) is 39.2 Å². The summed E-state index contributed by atoms with van der Waals surface area (Å²) in [4.78, 5) is 1.22. The van der Waals surface area contributed by atoms with Crippen LogP contribution in [0.25, 0.3) is 0 Å². The Morgan fingerprint density at radius 1 is 1.33 bits per heavy atom.